The maximum absolute atomic E-state index is 13.2. The topological polar surface area (TPSA) is 107 Å². The quantitative estimate of drug-likeness (QED) is 0.615. The largest absolute Gasteiger partial charge is 0.481 e. The number of halogens is 1. The van der Waals surface area contributed by atoms with Crippen molar-refractivity contribution in [2.45, 2.75) is 51.7 Å². The van der Waals surface area contributed by atoms with E-state index in [2.05, 4.69) is 10.2 Å². The van der Waals surface area contributed by atoms with E-state index in [1.165, 1.54) is 4.90 Å². The summed E-state index contributed by atoms with van der Waals surface area (Å²) >= 11 is 0. The number of aliphatic carboxylic acids is 1. The summed E-state index contributed by atoms with van der Waals surface area (Å²) in [7, 11) is 0. The number of carboxylic acids is 1. The molecule has 2 atom stereocenters. The maximum Gasteiger partial charge on any atom is 0.305 e. The van der Waals surface area contributed by atoms with Crippen molar-refractivity contribution in [2.24, 2.45) is 5.92 Å². The van der Waals surface area contributed by atoms with Gasteiger partial charge in [0.05, 0.1) is 6.42 Å². The van der Waals surface area contributed by atoms with Crippen LogP contribution in [0.3, 0.4) is 0 Å². The van der Waals surface area contributed by atoms with Crippen LogP contribution in [0.15, 0.2) is 18.2 Å². The highest BCUT2D eigenvalue weighted by Gasteiger charge is 2.39. The van der Waals surface area contributed by atoms with Crippen molar-refractivity contribution in [1.82, 2.24) is 10.2 Å². The molecule has 168 valence electrons. The number of nitrogens with zero attached hydrogens (tertiary/aromatic N) is 2. The fourth-order valence-corrected chi connectivity index (χ4v) is 4.28. The predicted molar refractivity (Wildman–Crippen MR) is 112 cm³/mol. The first-order valence-corrected chi connectivity index (χ1v) is 10.5. The van der Waals surface area contributed by atoms with Gasteiger partial charge in [-0.3, -0.25) is 19.2 Å². The molecule has 0 aliphatic carbocycles. The normalized spacial score (nSPS) is 17.6. The molecule has 1 aromatic carbocycles. The molecule has 2 heterocycles. The van der Waals surface area contributed by atoms with E-state index in [9.17, 15) is 23.6 Å². The van der Waals surface area contributed by atoms with Gasteiger partial charge in [0.15, 0.2) is 5.78 Å². The minimum atomic E-state index is -1.47. The molecule has 0 aromatic heterocycles. The van der Waals surface area contributed by atoms with Crippen molar-refractivity contribution >= 4 is 29.3 Å². The number of amides is 2. The maximum atomic E-state index is 13.2. The Hall–Kier alpha value is -2.97. The summed E-state index contributed by atoms with van der Waals surface area (Å²) in [5.74, 6) is -3.58. The number of carbonyl (C=O) groups excluding carboxylic acids is 3. The molecule has 1 fully saturated rings. The molecule has 2 N–H and O–H groups in total. The average Bonchev–Trinajstić information content (AvgIpc) is 3.35. The van der Waals surface area contributed by atoms with E-state index < -0.39 is 42.8 Å². The molecule has 2 amide bonds. The molecule has 31 heavy (non-hydrogen) atoms. The number of carboxylic acid groups (broad SMARTS) is 1. The Morgan fingerprint density at radius 1 is 1.19 bits per heavy atom. The molecule has 0 radical (unpaired) electrons. The number of hydrogen-bond donors (Lipinski definition) is 2. The molecule has 8 nitrogen and oxygen atoms in total. The molecule has 1 aromatic rings. The zero-order chi connectivity index (χ0) is 22.7. The monoisotopic (exact) mass is 433 g/mol. The number of hydrogen-bond acceptors (Lipinski definition) is 5. The van der Waals surface area contributed by atoms with Crippen molar-refractivity contribution in [1.29, 1.82) is 0 Å². The van der Waals surface area contributed by atoms with Gasteiger partial charge in [0.1, 0.15) is 18.8 Å². The smallest absolute Gasteiger partial charge is 0.305 e. The number of benzene rings is 1. The number of nitrogens with one attached hydrogen (secondary N) is 1. The Balaban J connectivity index is 1.80. The molecule has 2 aliphatic rings. The van der Waals surface area contributed by atoms with E-state index >= 15 is 0 Å². The van der Waals surface area contributed by atoms with Crippen molar-refractivity contribution in [3.63, 3.8) is 0 Å². The van der Waals surface area contributed by atoms with Crippen molar-refractivity contribution in [3.05, 3.63) is 29.3 Å². The van der Waals surface area contributed by atoms with Gasteiger partial charge in [-0.1, -0.05) is 19.9 Å². The van der Waals surface area contributed by atoms with E-state index in [1.807, 2.05) is 18.2 Å². The molecule has 0 bridgehead atoms. The van der Waals surface area contributed by atoms with Gasteiger partial charge in [-0.25, -0.2) is 4.39 Å². The molecular formula is C22H28FN3O5. The summed E-state index contributed by atoms with van der Waals surface area (Å²) in [5.41, 5.74) is 2.34. The van der Waals surface area contributed by atoms with Crippen LogP contribution in [0.2, 0.25) is 0 Å². The van der Waals surface area contributed by atoms with Crippen LogP contribution in [0, 0.1) is 5.92 Å². The molecule has 2 unspecified atom stereocenters. The summed E-state index contributed by atoms with van der Waals surface area (Å²) in [6.07, 6.45) is 1.51. The first-order chi connectivity index (χ1) is 14.7. The third kappa shape index (κ3) is 4.86. The van der Waals surface area contributed by atoms with Crippen LogP contribution < -0.4 is 10.2 Å². The highest BCUT2D eigenvalue weighted by molar-refractivity contribution is 6.02. The fraction of sp³-hybridized carbons (Fsp3) is 0.545. The molecule has 0 saturated carbocycles. The van der Waals surface area contributed by atoms with Crippen LogP contribution in [0.1, 0.15) is 49.0 Å². The van der Waals surface area contributed by atoms with Gasteiger partial charge in [-0.05, 0) is 36.5 Å². The second-order valence-electron chi connectivity index (χ2n) is 8.42. The Kier molecular flexibility index (Phi) is 6.92. The molecule has 9 heteroatoms. The fourth-order valence-electron chi connectivity index (χ4n) is 4.28. The summed E-state index contributed by atoms with van der Waals surface area (Å²) in [4.78, 5) is 52.6. The number of carbonyl (C=O) groups is 4. The van der Waals surface area contributed by atoms with Crippen LogP contribution in [0.4, 0.5) is 10.1 Å². The van der Waals surface area contributed by atoms with Crippen molar-refractivity contribution < 1.29 is 28.7 Å². The SMILES string of the molecule is CC(C)C(C(=O)NC(CC(=O)O)C(=O)CF)N1Cc2ccc(N3CCCC3)cc2C1=O. The minimum Gasteiger partial charge on any atom is -0.481 e. The summed E-state index contributed by atoms with van der Waals surface area (Å²) in [6.45, 7) is 4.28. The Bertz CT molecular complexity index is 882. The van der Waals surface area contributed by atoms with Crippen LogP contribution in [0.5, 0.6) is 0 Å². The van der Waals surface area contributed by atoms with Crippen molar-refractivity contribution in [2.75, 3.05) is 24.7 Å². The Morgan fingerprint density at radius 2 is 1.87 bits per heavy atom. The third-order valence-corrected chi connectivity index (χ3v) is 5.85. The number of anilines is 1. The van der Waals surface area contributed by atoms with Gasteiger partial charge in [-0.2, -0.15) is 0 Å². The summed E-state index contributed by atoms with van der Waals surface area (Å²) in [6, 6.07) is 3.35. The molecule has 3 rings (SSSR count). The lowest BCUT2D eigenvalue weighted by molar-refractivity contribution is -0.140. The first-order valence-electron chi connectivity index (χ1n) is 10.5. The average molecular weight is 433 g/mol. The highest BCUT2D eigenvalue weighted by Crippen LogP contribution is 2.31. The number of Topliss-reactive ketones (excluding diaryl/α,β-unsaturated/α-hetero) is 1. The van der Waals surface area contributed by atoms with E-state index in [4.69, 9.17) is 5.11 Å². The lowest BCUT2D eigenvalue weighted by Gasteiger charge is -2.31. The first kappa shape index (κ1) is 22.7. The van der Waals surface area contributed by atoms with E-state index in [0.29, 0.717) is 5.56 Å². The number of alkyl halides is 1. The van der Waals surface area contributed by atoms with Crippen molar-refractivity contribution in [3.8, 4) is 0 Å². The third-order valence-electron chi connectivity index (χ3n) is 5.85. The molecule has 1 saturated heterocycles. The molecular weight excluding hydrogens is 405 g/mol. The van der Waals surface area contributed by atoms with Gasteiger partial charge in [0, 0.05) is 30.9 Å². The lowest BCUT2D eigenvalue weighted by Crippen LogP contribution is -2.54. The lowest BCUT2D eigenvalue weighted by atomic mass is 10.00. The van der Waals surface area contributed by atoms with Gasteiger partial charge in [0.2, 0.25) is 5.91 Å². The Morgan fingerprint density at radius 3 is 2.45 bits per heavy atom. The second kappa shape index (κ2) is 9.45. The zero-order valence-electron chi connectivity index (χ0n) is 17.8. The highest BCUT2D eigenvalue weighted by atomic mass is 19.1. The minimum absolute atomic E-state index is 0.241. The van der Waals surface area contributed by atoms with Crippen LogP contribution in [-0.4, -0.2) is 65.4 Å². The molecule has 2 aliphatic heterocycles. The second-order valence-corrected chi connectivity index (χ2v) is 8.42. The van der Waals surface area contributed by atoms with Gasteiger partial charge >= 0.3 is 5.97 Å². The number of ketones is 1. The van der Waals surface area contributed by atoms with Crippen LogP contribution in [0.25, 0.3) is 0 Å². The van der Waals surface area contributed by atoms with E-state index in [1.54, 1.807) is 13.8 Å². The van der Waals surface area contributed by atoms with E-state index in [-0.39, 0.29) is 18.4 Å². The van der Waals surface area contributed by atoms with E-state index in [0.717, 1.165) is 37.2 Å². The van der Waals surface area contributed by atoms with Crippen LogP contribution in [-0.2, 0) is 20.9 Å². The summed E-state index contributed by atoms with van der Waals surface area (Å²) < 4.78 is 12.8. The molecule has 0 spiro atoms. The number of rotatable bonds is 9. The number of fused-ring (bicyclic) bond motifs is 1. The predicted octanol–water partition coefficient (Wildman–Crippen LogP) is 1.77. The van der Waals surface area contributed by atoms with Crippen LogP contribution >= 0.6 is 0 Å². The zero-order valence-corrected chi connectivity index (χ0v) is 17.8. The van der Waals surface area contributed by atoms with Gasteiger partial charge < -0.3 is 20.2 Å². The summed E-state index contributed by atoms with van der Waals surface area (Å²) in [5, 5.41) is 11.3. The Labute approximate surface area is 180 Å². The van der Waals surface area contributed by atoms with Gasteiger partial charge in [-0.15, -0.1) is 0 Å². The van der Waals surface area contributed by atoms with Gasteiger partial charge in [0.25, 0.3) is 5.91 Å². The standard InChI is InChI=1S/C22H28FN3O5/c1-13(2)20(21(30)24-17(10-19(28)29)18(27)11-23)26-12-14-5-6-15(9-16(14)22(26)31)25-7-3-4-8-25/h5-6,9,13,17,20H,3-4,7-8,10-12H2,1-2H3,(H,24,30)(H,28,29).